The van der Waals surface area contributed by atoms with Crippen molar-refractivity contribution in [3.8, 4) is 0 Å². The van der Waals surface area contributed by atoms with Gasteiger partial charge in [0, 0.05) is 24.9 Å². The lowest BCUT2D eigenvalue weighted by Crippen LogP contribution is -2.48. The normalized spacial score (nSPS) is 14.8. The average molecular weight is 379 g/mol. The summed E-state index contributed by atoms with van der Waals surface area (Å²) in [4.78, 5) is 26.6. The first-order valence-electron chi connectivity index (χ1n) is 10.2. The molecule has 1 N–H and O–H groups in total. The van der Waals surface area contributed by atoms with Crippen molar-refractivity contribution in [1.29, 1.82) is 0 Å². The average Bonchev–Trinajstić information content (AvgIpc) is 2.68. The Kier molecular flexibility index (Phi) is 6.50. The Labute approximate surface area is 167 Å². The molecule has 0 spiro atoms. The molecule has 0 aliphatic heterocycles. The van der Waals surface area contributed by atoms with E-state index in [4.69, 9.17) is 0 Å². The van der Waals surface area contributed by atoms with Crippen molar-refractivity contribution in [2.75, 3.05) is 13.1 Å². The van der Waals surface area contributed by atoms with E-state index in [0.29, 0.717) is 19.5 Å². The Morgan fingerprint density at radius 3 is 2.29 bits per heavy atom. The second-order valence-electron chi connectivity index (χ2n) is 7.87. The maximum Gasteiger partial charge on any atom is 0.239 e. The smallest absolute Gasteiger partial charge is 0.239 e. The van der Waals surface area contributed by atoms with Crippen LogP contribution in [0.5, 0.6) is 0 Å². The molecular formula is C24H30N2O2. The second-order valence-corrected chi connectivity index (χ2v) is 7.87. The third kappa shape index (κ3) is 4.80. The second kappa shape index (κ2) is 9.05. The van der Waals surface area contributed by atoms with E-state index < -0.39 is 0 Å². The number of hydrogen-bond acceptors (Lipinski definition) is 2. The number of hydrogen-bond donors (Lipinski definition) is 1. The molecule has 2 aromatic carbocycles. The van der Waals surface area contributed by atoms with E-state index in [1.165, 1.54) is 17.5 Å². The monoisotopic (exact) mass is 378 g/mol. The van der Waals surface area contributed by atoms with Crippen molar-refractivity contribution in [1.82, 2.24) is 10.2 Å². The number of amides is 2. The number of aryl methyl sites for hydroxylation is 1. The molecule has 0 bridgehead atoms. The maximum absolute atomic E-state index is 12.6. The third-order valence-corrected chi connectivity index (χ3v) is 5.80. The quantitative estimate of drug-likeness (QED) is 0.756. The molecule has 0 unspecified atom stereocenters. The van der Waals surface area contributed by atoms with Crippen LogP contribution in [0.15, 0.2) is 54.6 Å². The van der Waals surface area contributed by atoms with E-state index in [1.807, 2.05) is 44.2 Å². The van der Waals surface area contributed by atoms with Crippen LogP contribution in [-0.4, -0.2) is 29.8 Å². The predicted molar refractivity (Wildman–Crippen MR) is 112 cm³/mol. The number of carbonyl (C=O) groups excluding carboxylic acids is 2. The fourth-order valence-electron chi connectivity index (χ4n) is 3.83. The lowest BCUT2D eigenvalue weighted by atomic mass is 9.64. The SMILES string of the molecule is CCC(=O)N(CC(=O)NCC1(c2ccccc2)CCC1)Cc1ccc(C)cc1. The summed E-state index contributed by atoms with van der Waals surface area (Å²) in [6.07, 6.45) is 3.78. The van der Waals surface area contributed by atoms with Gasteiger partial charge in [-0.05, 0) is 30.9 Å². The Balaban J connectivity index is 1.60. The van der Waals surface area contributed by atoms with Crippen LogP contribution in [0.2, 0.25) is 0 Å². The van der Waals surface area contributed by atoms with Crippen LogP contribution >= 0.6 is 0 Å². The van der Waals surface area contributed by atoms with Gasteiger partial charge in [0.05, 0.1) is 6.54 Å². The van der Waals surface area contributed by atoms with Crippen LogP contribution in [0.3, 0.4) is 0 Å². The number of nitrogens with one attached hydrogen (secondary N) is 1. The van der Waals surface area contributed by atoms with Gasteiger partial charge in [-0.15, -0.1) is 0 Å². The summed E-state index contributed by atoms with van der Waals surface area (Å²) in [6.45, 7) is 5.07. The highest BCUT2D eigenvalue weighted by atomic mass is 16.2. The number of benzene rings is 2. The largest absolute Gasteiger partial charge is 0.354 e. The zero-order chi connectivity index (χ0) is 20.0. The van der Waals surface area contributed by atoms with Gasteiger partial charge >= 0.3 is 0 Å². The van der Waals surface area contributed by atoms with Crippen molar-refractivity contribution in [3.05, 3.63) is 71.3 Å². The summed E-state index contributed by atoms with van der Waals surface area (Å²) in [5, 5.41) is 3.10. The van der Waals surface area contributed by atoms with Crippen molar-refractivity contribution in [3.63, 3.8) is 0 Å². The Bertz CT molecular complexity index is 795. The minimum atomic E-state index is -0.0869. The lowest BCUT2D eigenvalue weighted by molar-refractivity contribution is -0.136. The summed E-state index contributed by atoms with van der Waals surface area (Å²) >= 11 is 0. The highest BCUT2D eigenvalue weighted by Crippen LogP contribution is 2.43. The van der Waals surface area contributed by atoms with Gasteiger partial charge in [-0.25, -0.2) is 0 Å². The first-order valence-corrected chi connectivity index (χ1v) is 10.2. The van der Waals surface area contributed by atoms with Gasteiger partial charge in [-0.2, -0.15) is 0 Å². The molecule has 1 aliphatic carbocycles. The molecule has 0 saturated heterocycles. The predicted octanol–water partition coefficient (Wildman–Crippen LogP) is 3.97. The summed E-state index contributed by atoms with van der Waals surface area (Å²) < 4.78 is 0. The van der Waals surface area contributed by atoms with Crippen LogP contribution in [0, 0.1) is 6.92 Å². The van der Waals surface area contributed by atoms with E-state index in [9.17, 15) is 9.59 Å². The first kappa shape index (κ1) is 20.1. The molecular weight excluding hydrogens is 348 g/mol. The maximum atomic E-state index is 12.6. The van der Waals surface area contributed by atoms with Gasteiger partial charge in [-0.3, -0.25) is 9.59 Å². The minimum absolute atomic E-state index is 0.00265. The van der Waals surface area contributed by atoms with Gasteiger partial charge < -0.3 is 10.2 Å². The molecule has 1 aliphatic rings. The van der Waals surface area contributed by atoms with Crippen molar-refractivity contribution in [2.45, 2.75) is 51.5 Å². The highest BCUT2D eigenvalue weighted by molar-refractivity contribution is 5.84. The molecule has 0 aromatic heterocycles. The Morgan fingerprint density at radius 2 is 1.71 bits per heavy atom. The van der Waals surface area contributed by atoms with Crippen LogP contribution in [0.4, 0.5) is 0 Å². The molecule has 1 fully saturated rings. The van der Waals surface area contributed by atoms with Crippen molar-refractivity contribution >= 4 is 11.8 Å². The van der Waals surface area contributed by atoms with Gasteiger partial charge in [0.15, 0.2) is 0 Å². The topological polar surface area (TPSA) is 49.4 Å². The van der Waals surface area contributed by atoms with E-state index in [-0.39, 0.29) is 23.8 Å². The number of carbonyl (C=O) groups is 2. The minimum Gasteiger partial charge on any atom is -0.354 e. The highest BCUT2D eigenvalue weighted by Gasteiger charge is 2.38. The fourth-order valence-corrected chi connectivity index (χ4v) is 3.83. The molecule has 0 atom stereocenters. The van der Waals surface area contributed by atoms with Crippen LogP contribution in [0.1, 0.15) is 49.3 Å². The lowest BCUT2D eigenvalue weighted by Gasteiger charge is -2.42. The summed E-state index contributed by atoms with van der Waals surface area (Å²) in [7, 11) is 0. The molecule has 4 heteroatoms. The van der Waals surface area contributed by atoms with Gasteiger partial charge in [-0.1, -0.05) is 73.5 Å². The fraction of sp³-hybridized carbons (Fsp3) is 0.417. The Hall–Kier alpha value is -2.62. The van der Waals surface area contributed by atoms with Crippen LogP contribution in [0.25, 0.3) is 0 Å². The van der Waals surface area contributed by atoms with E-state index in [1.54, 1.807) is 4.90 Å². The zero-order valence-corrected chi connectivity index (χ0v) is 16.9. The van der Waals surface area contributed by atoms with E-state index in [2.05, 4.69) is 29.6 Å². The standard InChI is InChI=1S/C24H30N2O2/c1-3-23(28)26(16-20-12-10-19(2)11-13-20)17-22(27)25-18-24(14-7-15-24)21-8-5-4-6-9-21/h4-6,8-13H,3,7,14-18H2,1-2H3,(H,25,27). The zero-order valence-electron chi connectivity index (χ0n) is 16.9. The molecule has 2 aromatic rings. The van der Waals surface area contributed by atoms with Crippen molar-refractivity contribution < 1.29 is 9.59 Å². The molecule has 0 radical (unpaired) electrons. The molecule has 3 rings (SSSR count). The number of rotatable bonds is 8. The summed E-state index contributed by atoms with van der Waals surface area (Å²) in [6, 6.07) is 18.5. The van der Waals surface area contributed by atoms with Gasteiger partial charge in [0.1, 0.15) is 0 Å². The van der Waals surface area contributed by atoms with Gasteiger partial charge in [0.25, 0.3) is 0 Å². The molecule has 2 amide bonds. The van der Waals surface area contributed by atoms with Crippen LogP contribution < -0.4 is 5.32 Å². The molecule has 148 valence electrons. The summed E-state index contributed by atoms with van der Waals surface area (Å²) in [5.41, 5.74) is 3.57. The van der Waals surface area contributed by atoms with Crippen LogP contribution in [-0.2, 0) is 21.5 Å². The molecule has 4 nitrogen and oxygen atoms in total. The molecule has 0 heterocycles. The first-order chi connectivity index (χ1) is 13.5. The van der Waals surface area contributed by atoms with E-state index >= 15 is 0 Å². The molecule has 1 saturated carbocycles. The molecule has 28 heavy (non-hydrogen) atoms. The summed E-state index contributed by atoms with van der Waals surface area (Å²) in [5.74, 6) is -0.0896. The van der Waals surface area contributed by atoms with E-state index in [0.717, 1.165) is 18.4 Å². The van der Waals surface area contributed by atoms with Gasteiger partial charge in [0.2, 0.25) is 11.8 Å². The number of nitrogens with zero attached hydrogens (tertiary/aromatic N) is 1. The third-order valence-electron chi connectivity index (χ3n) is 5.80. The van der Waals surface area contributed by atoms with Crippen molar-refractivity contribution in [2.24, 2.45) is 0 Å². The Morgan fingerprint density at radius 1 is 1.04 bits per heavy atom.